The zero-order chi connectivity index (χ0) is 19.8. The first kappa shape index (κ1) is 22.2. The molecule has 2 aliphatic rings. The molecule has 1 aliphatic heterocycles. The standard InChI is InChI=1S/C21H40N4O2/c1-16(2)14-24(15-18-7-5-4-6-8-18)19-9-12-25(17(3)26)20(13-19)21(27)23-11-10-22/h16,18-20H,4-15,22H2,1-3H3,(H,23,27)/t19?,20-/m1/s1. The Kier molecular flexibility index (Phi) is 9.03. The van der Waals surface area contributed by atoms with Gasteiger partial charge in [0.25, 0.3) is 0 Å². The Morgan fingerprint density at radius 1 is 1.19 bits per heavy atom. The highest BCUT2D eigenvalue weighted by molar-refractivity contribution is 5.87. The normalized spacial score (nSPS) is 24.4. The SMILES string of the molecule is CC(=O)N1CCC(N(CC(C)C)CC2CCCCC2)C[C@@H]1C(=O)NCCN. The van der Waals surface area contributed by atoms with Crippen molar-refractivity contribution in [2.75, 3.05) is 32.7 Å². The Morgan fingerprint density at radius 2 is 1.89 bits per heavy atom. The third kappa shape index (κ3) is 6.75. The maximum Gasteiger partial charge on any atom is 0.242 e. The molecule has 1 unspecified atom stereocenters. The topological polar surface area (TPSA) is 78.7 Å². The summed E-state index contributed by atoms with van der Waals surface area (Å²) in [5, 5.41) is 2.89. The van der Waals surface area contributed by atoms with Gasteiger partial charge in [-0.15, -0.1) is 0 Å². The van der Waals surface area contributed by atoms with E-state index in [0.717, 1.165) is 31.8 Å². The van der Waals surface area contributed by atoms with E-state index in [9.17, 15) is 9.59 Å². The van der Waals surface area contributed by atoms with Crippen LogP contribution in [0, 0.1) is 11.8 Å². The lowest BCUT2D eigenvalue weighted by atomic mass is 9.87. The first-order valence-electron chi connectivity index (χ1n) is 10.9. The minimum Gasteiger partial charge on any atom is -0.353 e. The highest BCUT2D eigenvalue weighted by atomic mass is 16.2. The number of rotatable bonds is 8. The quantitative estimate of drug-likeness (QED) is 0.675. The fourth-order valence-electron chi connectivity index (χ4n) is 4.76. The third-order valence-corrected chi connectivity index (χ3v) is 6.06. The number of hydrogen-bond acceptors (Lipinski definition) is 4. The van der Waals surface area contributed by atoms with Crippen molar-refractivity contribution in [1.82, 2.24) is 15.1 Å². The number of carbonyl (C=O) groups is 2. The molecule has 27 heavy (non-hydrogen) atoms. The van der Waals surface area contributed by atoms with Crippen LogP contribution in [0.15, 0.2) is 0 Å². The lowest BCUT2D eigenvalue weighted by molar-refractivity contribution is -0.142. The maximum atomic E-state index is 12.7. The van der Waals surface area contributed by atoms with Gasteiger partial charge in [-0.1, -0.05) is 33.1 Å². The van der Waals surface area contributed by atoms with Gasteiger partial charge in [-0.25, -0.2) is 0 Å². The second-order valence-corrected chi connectivity index (χ2v) is 8.84. The summed E-state index contributed by atoms with van der Waals surface area (Å²) < 4.78 is 0. The zero-order valence-corrected chi connectivity index (χ0v) is 17.6. The van der Waals surface area contributed by atoms with Crippen LogP contribution in [-0.2, 0) is 9.59 Å². The molecule has 6 nitrogen and oxygen atoms in total. The summed E-state index contributed by atoms with van der Waals surface area (Å²) >= 11 is 0. The van der Waals surface area contributed by atoms with E-state index in [4.69, 9.17) is 5.73 Å². The minimum atomic E-state index is -0.367. The Balaban J connectivity index is 2.07. The molecule has 1 aliphatic carbocycles. The monoisotopic (exact) mass is 380 g/mol. The van der Waals surface area contributed by atoms with E-state index in [2.05, 4.69) is 24.1 Å². The maximum absolute atomic E-state index is 12.7. The molecular weight excluding hydrogens is 340 g/mol. The number of likely N-dealkylation sites (tertiary alicyclic amines) is 1. The van der Waals surface area contributed by atoms with Gasteiger partial charge >= 0.3 is 0 Å². The fraction of sp³-hybridized carbons (Fsp3) is 0.905. The van der Waals surface area contributed by atoms with E-state index in [0.29, 0.717) is 31.6 Å². The van der Waals surface area contributed by atoms with Gasteiger partial charge < -0.3 is 16.0 Å². The first-order chi connectivity index (χ1) is 12.9. The lowest BCUT2D eigenvalue weighted by Crippen LogP contribution is -2.58. The predicted molar refractivity (Wildman–Crippen MR) is 109 cm³/mol. The molecule has 1 heterocycles. The highest BCUT2D eigenvalue weighted by Crippen LogP contribution is 2.29. The molecule has 2 atom stereocenters. The molecule has 1 saturated heterocycles. The van der Waals surface area contributed by atoms with E-state index in [1.807, 2.05) is 0 Å². The van der Waals surface area contributed by atoms with Crippen molar-refractivity contribution in [2.24, 2.45) is 17.6 Å². The molecule has 2 rings (SSSR count). The van der Waals surface area contributed by atoms with Gasteiger partial charge in [0.2, 0.25) is 11.8 Å². The molecule has 1 saturated carbocycles. The van der Waals surface area contributed by atoms with Gasteiger partial charge in [0.05, 0.1) is 0 Å². The number of piperidine rings is 1. The molecule has 0 aromatic heterocycles. The highest BCUT2D eigenvalue weighted by Gasteiger charge is 2.37. The number of amides is 2. The summed E-state index contributed by atoms with van der Waals surface area (Å²) in [4.78, 5) is 29.1. The first-order valence-corrected chi connectivity index (χ1v) is 10.9. The Labute approximate surface area is 165 Å². The Hall–Kier alpha value is -1.14. The summed E-state index contributed by atoms with van der Waals surface area (Å²) in [5.74, 6) is 1.32. The predicted octanol–water partition coefficient (Wildman–Crippen LogP) is 1.98. The summed E-state index contributed by atoms with van der Waals surface area (Å²) in [6.07, 6.45) is 8.44. The van der Waals surface area contributed by atoms with Crippen LogP contribution in [0.3, 0.4) is 0 Å². The average molecular weight is 381 g/mol. The van der Waals surface area contributed by atoms with Crippen LogP contribution in [-0.4, -0.2) is 66.4 Å². The number of nitrogens with zero attached hydrogens (tertiary/aromatic N) is 2. The van der Waals surface area contributed by atoms with E-state index < -0.39 is 0 Å². The van der Waals surface area contributed by atoms with Crippen molar-refractivity contribution in [3.05, 3.63) is 0 Å². The van der Waals surface area contributed by atoms with Gasteiger partial charge in [0, 0.05) is 45.7 Å². The lowest BCUT2D eigenvalue weighted by Gasteiger charge is -2.44. The second-order valence-electron chi connectivity index (χ2n) is 8.84. The molecular formula is C21H40N4O2. The number of nitrogens with two attached hydrogens (primary N) is 1. The van der Waals surface area contributed by atoms with Crippen LogP contribution >= 0.6 is 0 Å². The van der Waals surface area contributed by atoms with Crippen molar-refractivity contribution in [1.29, 1.82) is 0 Å². The zero-order valence-electron chi connectivity index (χ0n) is 17.6. The molecule has 0 spiro atoms. The van der Waals surface area contributed by atoms with Crippen molar-refractivity contribution in [3.63, 3.8) is 0 Å². The van der Waals surface area contributed by atoms with Crippen molar-refractivity contribution in [3.8, 4) is 0 Å². The van der Waals surface area contributed by atoms with E-state index in [1.165, 1.54) is 32.1 Å². The minimum absolute atomic E-state index is 0.0101. The van der Waals surface area contributed by atoms with E-state index in [-0.39, 0.29) is 17.9 Å². The second kappa shape index (κ2) is 11.0. The van der Waals surface area contributed by atoms with Crippen LogP contribution in [0.5, 0.6) is 0 Å². The molecule has 3 N–H and O–H groups in total. The molecule has 6 heteroatoms. The molecule has 0 radical (unpaired) electrons. The summed E-state index contributed by atoms with van der Waals surface area (Å²) in [6.45, 7) is 9.86. The van der Waals surface area contributed by atoms with Gasteiger partial charge in [0.1, 0.15) is 6.04 Å². The molecule has 0 aromatic rings. The molecule has 2 fully saturated rings. The van der Waals surface area contributed by atoms with Crippen LogP contribution < -0.4 is 11.1 Å². The summed E-state index contributed by atoms with van der Waals surface area (Å²) in [7, 11) is 0. The number of hydrogen-bond donors (Lipinski definition) is 2. The van der Waals surface area contributed by atoms with Gasteiger partial charge in [-0.05, 0) is 37.5 Å². The van der Waals surface area contributed by atoms with Crippen molar-refractivity contribution < 1.29 is 9.59 Å². The van der Waals surface area contributed by atoms with E-state index >= 15 is 0 Å². The molecule has 0 bridgehead atoms. The van der Waals surface area contributed by atoms with Gasteiger partial charge in [0.15, 0.2) is 0 Å². The van der Waals surface area contributed by atoms with Gasteiger partial charge in [-0.3, -0.25) is 14.5 Å². The molecule has 0 aromatic carbocycles. The fourth-order valence-corrected chi connectivity index (χ4v) is 4.76. The van der Waals surface area contributed by atoms with Crippen molar-refractivity contribution in [2.45, 2.75) is 77.8 Å². The number of nitrogens with one attached hydrogen (secondary N) is 1. The average Bonchev–Trinajstić information content (AvgIpc) is 2.65. The Bertz CT molecular complexity index is 477. The van der Waals surface area contributed by atoms with Crippen LogP contribution in [0.1, 0.15) is 65.7 Å². The van der Waals surface area contributed by atoms with Crippen LogP contribution in [0.2, 0.25) is 0 Å². The smallest absolute Gasteiger partial charge is 0.242 e. The van der Waals surface area contributed by atoms with Crippen molar-refractivity contribution >= 4 is 11.8 Å². The van der Waals surface area contributed by atoms with Crippen LogP contribution in [0.4, 0.5) is 0 Å². The number of carbonyl (C=O) groups excluding carboxylic acids is 2. The largest absolute Gasteiger partial charge is 0.353 e. The van der Waals surface area contributed by atoms with E-state index in [1.54, 1.807) is 11.8 Å². The molecule has 2 amide bonds. The molecule has 156 valence electrons. The third-order valence-electron chi connectivity index (χ3n) is 6.06. The van der Waals surface area contributed by atoms with Gasteiger partial charge in [-0.2, -0.15) is 0 Å². The Morgan fingerprint density at radius 3 is 2.48 bits per heavy atom. The summed E-state index contributed by atoms with van der Waals surface area (Å²) in [5.41, 5.74) is 5.53. The van der Waals surface area contributed by atoms with Crippen LogP contribution in [0.25, 0.3) is 0 Å². The summed E-state index contributed by atoms with van der Waals surface area (Å²) in [6, 6.07) is 0.00683.